The van der Waals surface area contributed by atoms with Gasteiger partial charge < -0.3 is 14.5 Å². The lowest BCUT2D eigenvalue weighted by Crippen LogP contribution is -2.48. The maximum absolute atomic E-state index is 13.7. The molecule has 2 amide bonds. The van der Waals surface area contributed by atoms with Crippen molar-refractivity contribution in [2.75, 3.05) is 26.2 Å². The number of ether oxygens (including phenoxy) is 1. The summed E-state index contributed by atoms with van der Waals surface area (Å²) in [5, 5.41) is 2.03. The van der Waals surface area contributed by atoms with Gasteiger partial charge in [0.05, 0.1) is 6.04 Å². The highest BCUT2D eigenvalue weighted by Gasteiger charge is 2.33. The number of hydrogen-bond acceptors (Lipinski definition) is 4. The van der Waals surface area contributed by atoms with E-state index in [9.17, 15) is 14.0 Å². The minimum atomic E-state index is -0.365. The molecule has 0 spiro atoms. The summed E-state index contributed by atoms with van der Waals surface area (Å²) in [5.41, 5.74) is 2.73. The average molecular weight is 509 g/mol. The largest absolute Gasteiger partial charge is 0.491 e. The zero-order chi connectivity index (χ0) is 25.7. The molecule has 3 aromatic rings. The fraction of sp³-hybridized carbons (Fsp3) is 0.379. The van der Waals surface area contributed by atoms with Crippen LogP contribution in [0.3, 0.4) is 0 Å². The Morgan fingerprint density at radius 1 is 1.17 bits per heavy atom. The molecule has 0 N–H and O–H groups in total. The molecule has 0 bridgehead atoms. The van der Waals surface area contributed by atoms with Gasteiger partial charge in [-0.1, -0.05) is 37.6 Å². The molecule has 0 aliphatic carbocycles. The van der Waals surface area contributed by atoms with Crippen LogP contribution in [0.2, 0.25) is 0 Å². The van der Waals surface area contributed by atoms with Gasteiger partial charge in [0, 0.05) is 29.6 Å². The van der Waals surface area contributed by atoms with Gasteiger partial charge in [-0.2, -0.15) is 0 Å². The van der Waals surface area contributed by atoms with Crippen LogP contribution in [0.5, 0.6) is 5.75 Å². The van der Waals surface area contributed by atoms with E-state index in [2.05, 4.69) is 13.8 Å². The van der Waals surface area contributed by atoms with Crippen LogP contribution in [-0.4, -0.2) is 47.9 Å². The highest BCUT2D eigenvalue weighted by atomic mass is 32.1. The highest BCUT2D eigenvalue weighted by molar-refractivity contribution is 7.10. The minimum Gasteiger partial charge on any atom is -0.491 e. The average Bonchev–Trinajstić information content (AvgIpc) is 3.34. The van der Waals surface area contributed by atoms with Gasteiger partial charge in [0.25, 0.3) is 5.91 Å². The highest BCUT2D eigenvalue weighted by Crippen LogP contribution is 2.34. The molecule has 7 heteroatoms. The summed E-state index contributed by atoms with van der Waals surface area (Å²) in [6.45, 7) is 7.50. The van der Waals surface area contributed by atoms with Crippen molar-refractivity contribution in [3.05, 3.63) is 87.4 Å². The topological polar surface area (TPSA) is 49.9 Å². The Morgan fingerprint density at radius 2 is 1.94 bits per heavy atom. The van der Waals surface area contributed by atoms with Gasteiger partial charge in [-0.25, -0.2) is 4.39 Å². The predicted molar refractivity (Wildman–Crippen MR) is 141 cm³/mol. The Bertz CT molecular complexity index is 1190. The van der Waals surface area contributed by atoms with Gasteiger partial charge in [0.2, 0.25) is 5.91 Å². The van der Waals surface area contributed by atoms with Crippen molar-refractivity contribution >= 4 is 23.2 Å². The van der Waals surface area contributed by atoms with E-state index in [-0.39, 0.29) is 36.8 Å². The Hall–Kier alpha value is -3.19. The van der Waals surface area contributed by atoms with Crippen LogP contribution < -0.4 is 4.74 Å². The number of nitrogens with zero attached hydrogens (tertiary/aromatic N) is 2. The van der Waals surface area contributed by atoms with E-state index in [1.165, 1.54) is 17.0 Å². The zero-order valence-corrected chi connectivity index (χ0v) is 21.9. The number of fused-ring (bicyclic) bond motifs is 1. The van der Waals surface area contributed by atoms with Crippen molar-refractivity contribution in [1.82, 2.24) is 9.80 Å². The normalized spacial score (nSPS) is 15.0. The van der Waals surface area contributed by atoms with E-state index >= 15 is 0 Å². The standard InChI is InChI=1S/C29H33FN2O3S/c1-20(2)11-14-31(29(34)22-9-7-21(3)8-10-22)18-28(33)32-15-12-27-25(13-16-36-27)26(32)19-35-24-6-4-5-23(30)17-24/h4-10,13,16-17,20,26H,11-12,14-15,18-19H2,1-3H3. The summed E-state index contributed by atoms with van der Waals surface area (Å²) in [7, 11) is 0. The van der Waals surface area contributed by atoms with Gasteiger partial charge in [-0.15, -0.1) is 11.3 Å². The van der Waals surface area contributed by atoms with E-state index in [0.29, 0.717) is 30.3 Å². The molecule has 0 saturated heterocycles. The lowest BCUT2D eigenvalue weighted by molar-refractivity contribution is -0.135. The molecule has 190 valence electrons. The minimum absolute atomic E-state index is 0.00929. The molecule has 0 fully saturated rings. The quantitative estimate of drug-likeness (QED) is 0.362. The monoisotopic (exact) mass is 508 g/mol. The number of amides is 2. The number of rotatable bonds is 9. The van der Waals surface area contributed by atoms with Gasteiger partial charge in [0.1, 0.15) is 24.7 Å². The van der Waals surface area contributed by atoms with Gasteiger partial charge in [-0.3, -0.25) is 9.59 Å². The van der Waals surface area contributed by atoms with Gasteiger partial charge in [0.15, 0.2) is 0 Å². The third-order valence-corrected chi connectivity index (χ3v) is 7.50. The van der Waals surface area contributed by atoms with Crippen LogP contribution in [0.25, 0.3) is 0 Å². The SMILES string of the molecule is Cc1ccc(C(=O)N(CCC(C)C)CC(=O)N2CCc3sccc3C2COc2cccc(F)c2)cc1. The lowest BCUT2D eigenvalue weighted by Gasteiger charge is -2.37. The van der Waals surface area contributed by atoms with Crippen molar-refractivity contribution in [2.24, 2.45) is 5.92 Å². The molecule has 1 aliphatic heterocycles. The molecule has 1 aliphatic rings. The number of thiophene rings is 1. The Kier molecular flexibility index (Phi) is 8.41. The number of carbonyl (C=O) groups is 2. The van der Waals surface area contributed by atoms with Crippen molar-refractivity contribution in [3.8, 4) is 5.75 Å². The molecular weight excluding hydrogens is 475 g/mol. The first kappa shape index (κ1) is 25.9. The van der Waals surface area contributed by atoms with Crippen LogP contribution in [0.1, 0.15) is 52.7 Å². The first-order valence-electron chi connectivity index (χ1n) is 12.4. The summed E-state index contributed by atoms with van der Waals surface area (Å²) in [6, 6.07) is 15.2. The first-order valence-corrected chi connectivity index (χ1v) is 13.3. The van der Waals surface area contributed by atoms with E-state index in [1.807, 2.05) is 47.5 Å². The first-order chi connectivity index (χ1) is 17.3. The summed E-state index contributed by atoms with van der Waals surface area (Å²) in [6.07, 6.45) is 1.58. The van der Waals surface area contributed by atoms with Crippen LogP contribution >= 0.6 is 11.3 Å². The molecule has 2 heterocycles. The second-order valence-electron chi connectivity index (χ2n) is 9.70. The molecule has 36 heavy (non-hydrogen) atoms. The number of hydrogen-bond donors (Lipinski definition) is 0. The van der Waals surface area contributed by atoms with Crippen LogP contribution in [0, 0.1) is 18.7 Å². The number of aryl methyl sites for hydroxylation is 1. The van der Waals surface area contributed by atoms with E-state index < -0.39 is 0 Å². The van der Waals surface area contributed by atoms with Gasteiger partial charge in [-0.05, 0) is 67.0 Å². The van der Waals surface area contributed by atoms with Crippen molar-refractivity contribution in [3.63, 3.8) is 0 Å². The maximum Gasteiger partial charge on any atom is 0.254 e. The molecule has 0 saturated carbocycles. The summed E-state index contributed by atoms with van der Waals surface area (Å²) in [4.78, 5) is 31.8. The molecular formula is C29H33FN2O3S. The fourth-order valence-electron chi connectivity index (χ4n) is 4.41. The summed E-state index contributed by atoms with van der Waals surface area (Å²) in [5.74, 6) is 0.228. The number of carbonyl (C=O) groups excluding carboxylic acids is 2. The van der Waals surface area contributed by atoms with Crippen molar-refractivity contribution in [2.45, 2.75) is 39.7 Å². The molecule has 1 atom stereocenters. The molecule has 5 nitrogen and oxygen atoms in total. The molecule has 4 rings (SSSR count). The Balaban J connectivity index is 1.53. The Labute approximate surface area is 216 Å². The van der Waals surface area contributed by atoms with Gasteiger partial charge >= 0.3 is 0 Å². The zero-order valence-electron chi connectivity index (χ0n) is 21.1. The van der Waals surface area contributed by atoms with E-state index in [1.54, 1.807) is 28.4 Å². The summed E-state index contributed by atoms with van der Waals surface area (Å²) >= 11 is 1.68. The third-order valence-electron chi connectivity index (χ3n) is 6.51. The van der Waals surface area contributed by atoms with Crippen LogP contribution in [-0.2, 0) is 11.2 Å². The maximum atomic E-state index is 13.7. The molecule has 2 aromatic carbocycles. The van der Waals surface area contributed by atoms with Crippen molar-refractivity contribution in [1.29, 1.82) is 0 Å². The van der Waals surface area contributed by atoms with Crippen LogP contribution in [0.15, 0.2) is 60.0 Å². The predicted octanol–water partition coefficient (Wildman–Crippen LogP) is 5.89. The fourth-order valence-corrected chi connectivity index (χ4v) is 5.33. The van der Waals surface area contributed by atoms with E-state index in [0.717, 1.165) is 24.0 Å². The Morgan fingerprint density at radius 3 is 2.67 bits per heavy atom. The number of benzene rings is 2. The smallest absolute Gasteiger partial charge is 0.254 e. The summed E-state index contributed by atoms with van der Waals surface area (Å²) < 4.78 is 19.6. The molecule has 1 aromatic heterocycles. The number of halogens is 1. The van der Waals surface area contributed by atoms with Crippen LogP contribution in [0.4, 0.5) is 4.39 Å². The van der Waals surface area contributed by atoms with Crippen molar-refractivity contribution < 1.29 is 18.7 Å². The molecule has 1 unspecified atom stereocenters. The second kappa shape index (κ2) is 11.7. The lowest BCUT2D eigenvalue weighted by atomic mass is 10.00. The third kappa shape index (κ3) is 6.32. The van der Waals surface area contributed by atoms with E-state index in [4.69, 9.17) is 4.74 Å². The molecule has 0 radical (unpaired) electrons. The second-order valence-corrected chi connectivity index (χ2v) is 10.7.